The number of benzene rings is 1. The summed E-state index contributed by atoms with van der Waals surface area (Å²) >= 11 is 0. The van der Waals surface area contributed by atoms with Gasteiger partial charge in [0.1, 0.15) is 0 Å². The van der Waals surface area contributed by atoms with Crippen LogP contribution in [-0.2, 0) is 10.0 Å². The number of rotatable bonds is 5. The minimum Gasteiger partial charge on any atom is -0.432 e. The van der Waals surface area contributed by atoms with Crippen LogP contribution in [0, 0.1) is 5.82 Å². The molecule has 0 bridgehead atoms. The smallest absolute Gasteiger partial charge is 0.387 e. The third kappa shape index (κ3) is 3.71. The highest BCUT2D eigenvalue weighted by Crippen LogP contribution is 2.26. The van der Waals surface area contributed by atoms with Gasteiger partial charge in [0.2, 0.25) is 10.0 Å². The Morgan fingerprint density at radius 2 is 2.14 bits per heavy atom. The first-order chi connectivity index (χ1) is 10.3. The fourth-order valence-corrected chi connectivity index (χ4v) is 3.92. The molecule has 0 aromatic heterocycles. The molecule has 0 saturated carbocycles. The van der Waals surface area contributed by atoms with Crippen LogP contribution in [0.3, 0.4) is 0 Å². The van der Waals surface area contributed by atoms with E-state index in [4.69, 9.17) is 0 Å². The molecule has 1 fully saturated rings. The summed E-state index contributed by atoms with van der Waals surface area (Å²) in [4.78, 5) is -0.275. The lowest BCUT2D eigenvalue weighted by Gasteiger charge is -2.31. The van der Waals surface area contributed by atoms with E-state index in [1.54, 1.807) is 7.05 Å². The number of nitrogens with one attached hydrogen (secondary N) is 1. The predicted octanol–water partition coefficient (Wildman–Crippen LogP) is 1.80. The van der Waals surface area contributed by atoms with Crippen molar-refractivity contribution in [3.05, 3.63) is 24.0 Å². The summed E-state index contributed by atoms with van der Waals surface area (Å²) in [7, 11) is -2.12. The zero-order chi connectivity index (χ0) is 16.3. The minimum atomic E-state index is -3.86. The number of nitrogens with zero attached hydrogens (tertiary/aromatic N) is 1. The Labute approximate surface area is 127 Å². The van der Waals surface area contributed by atoms with Gasteiger partial charge in [0, 0.05) is 19.1 Å². The maximum absolute atomic E-state index is 13.7. The van der Waals surface area contributed by atoms with Gasteiger partial charge < -0.3 is 10.1 Å². The lowest BCUT2D eigenvalue weighted by molar-refractivity contribution is -0.0522. The second-order valence-electron chi connectivity index (χ2n) is 4.96. The molecular formula is C13H17F3N2O3S. The van der Waals surface area contributed by atoms with Crippen LogP contribution in [0.15, 0.2) is 23.1 Å². The number of likely N-dealkylation sites (N-methyl/N-ethyl adjacent to an activating group) is 1. The van der Waals surface area contributed by atoms with E-state index < -0.39 is 28.2 Å². The molecule has 1 atom stereocenters. The van der Waals surface area contributed by atoms with Gasteiger partial charge in [0.05, 0.1) is 4.90 Å². The van der Waals surface area contributed by atoms with Crippen molar-refractivity contribution in [1.29, 1.82) is 0 Å². The number of halogens is 3. The highest BCUT2D eigenvalue weighted by molar-refractivity contribution is 7.89. The maximum Gasteiger partial charge on any atom is 0.387 e. The zero-order valence-corrected chi connectivity index (χ0v) is 12.7. The highest BCUT2D eigenvalue weighted by Gasteiger charge is 2.30. The van der Waals surface area contributed by atoms with Gasteiger partial charge in [0.25, 0.3) is 0 Å². The molecule has 1 heterocycles. The Kier molecular flexibility index (Phi) is 5.30. The van der Waals surface area contributed by atoms with Crippen LogP contribution in [0.25, 0.3) is 0 Å². The first-order valence-electron chi connectivity index (χ1n) is 6.76. The van der Waals surface area contributed by atoms with E-state index in [-0.39, 0.29) is 17.5 Å². The number of alkyl halides is 2. The second kappa shape index (κ2) is 6.84. The van der Waals surface area contributed by atoms with Crippen LogP contribution in [0.1, 0.15) is 12.8 Å². The molecule has 1 aliphatic rings. The molecule has 1 N–H and O–H groups in total. The molecule has 0 spiro atoms. The molecule has 22 heavy (non-hydrogen) atoms. The second-order valence-corrected chi connectivity index (χ2v) is 6.90. The summed E-state index contributed by atoms with van der Waals surface area (Å²) in [5, 5.41) is 3.02. The number of ether oxygens (including phenoxy) is 1. The molecule has 1 saturated heterocycles. The van der Waals surface area contributed by atoms with E-state index in [2.05, 4.69) is 10.1 Å². The van der Waals surface area contributed by atoms with Crippen molar-refractivity contribution in [2.75, 3.05) is 20.1 Å². The van der Waals surface area contributed by atoms with Gasteiger partial charge in [-0.3, -0.25) is 0 Å². The first kappa shape index (κ1) is 17.0. The predicted molar refractivity (Wildman–Crippen MR) is 73.9 cm³/mol. The summed E-state index contributed by atoms with van der Waals surface area (Å²) in [6.07, 6.45) is 1.55. The molecule has 2 rings (SSSR count). The van der Waals surface area contributed by atoms with Crippen LogP contribution in [0.5, 0.6) is 5.75 Å². The molecule has 0 aliphatic carbocycles. The Morgan fingerprint density at radius 3 is 2.73 bits per heavy atom. The van der Waals surface area contributed by atoms with E-state index in [0.29, 0.717) is 19.0 Å². The van der Waals surface area contributed by atoms with E-state index in [0.717, 1.165) is 18.6 Å². The monoisotopic (exact) mass is 338 g/mol. The van der Waals surface area contributed by atoms with Gasteiger partial charge in [-0.05, 0) is 38.1 Å². The van der Waals surface area contributed by atoms with Gasteiger partial charge >= 0.3 is 6.61 Å². The third-order valence-corrected chi connectivity index (χ3v) is 5.41. The zero-order valence-electron chi connectivity index (χ0n) is 11.9. The number of hydrogen-bond donors (Lipinski definition) is 1. The fraction of sp³-hybridized carbons (Fsp3) is 0.538. The Morgan fingerprint density at radius 1 is 1.41 bits per heavy atom. The molecule has 1 aromatic rings. The van der Waals surface area contributed by atoms with Gasteiger partial charge in [-0.2, -0.15) is 13.1 Å². The van der Waals surface area contributed by atoms with Crippen LogP contribution in [0.2, 0.25) is 0 Å². The fourth-order valence-electron chi connectivity index (χ4n) is 2.38. The maximum atomic E-state index is 13.7. The SMILES string of the molecule is CNC1CCCN(S(=O)(=O)c2ccc(OC(F)F)c(F)c2)C1. The molecular weight excluding hydrogens is 321 g/mol. The lowest BCUT2D eigenvalue weighted by atomic mass is 10.1. The molecule has 1 aromatic carbocycles. The number of hydrogen-bond acceptors (Lipinski definition) is 4. The molecule has 124 valence electrons. The van der Waals surface area contributed by atoms with Gasteiger partial charge in [-0.25, -0.2) is 12.8 Å². The van der Waals surface area contributed by atoms with Gasteiger partial charge in [0.15, 0.2) is 11.6 Å². The van der Waals surface area contributed by atoms with Crippen LogP contribution < -0.4 is 10.1 Å². The molecule has 1 aliphatic heterocycles. The average molecular weight is 338 g/mol. The summed E-state index contributed by atoms with van der Waals surface area (Å²) in [6.45, 7) is -2.54. The molecule has 1 unspecified atom stereocenters. The average Bonchev–Trinajstić information content (AvgIpc) is 2.49. The van der Waals surface area contributed by atoms with Crippen LogP contribution >= 0.6 is 0 Å². The van der Waals surface area contributed by atoms with Crippen molar-refractivity contribution >= 4 is 10.0 Å². The first-order valence-corrected chi connectivity index (χ1v) is 8.20. The van der Waals surface area contributed by atoms with E-state index >= 15 is 0 Å². The Balaban J connectivity index is 2.24. The standard InChI is InChI=1S/C13H17F3N2O3S/c1-17-9-3-2-6-18(8-9)22(19,20)10-4-5-12(11(14)7-10)21-13(15)16/h4-5,7,9,13,17H,2-3,6,8H2,1H3. The summed E-state index contributed by atoms with van der Waals surface area (Å²) in [6, 6.07) is 2.71. The lowest BCUT2D eigenvalue weighted by Crippen LogP contribution is -2.46. The topological polar surface area (TPSA) is 58.6 Å². The molecule has 5 nitrogen and oxygen atoms in total. The van der Waals surface area contributed by atoms with Crippen LogP contribution in [-0.4, -0.2) is 45.5 Å². The van der Waals surface area contributed by atoms with Crippen molar-refractivity contribution in [2.45, 2.75) is 30.4 Å². The van der Waals surface area contributed by atoms with Gasteiger partial charge in [-0.1, -0.05) is 0 Å². The molecule has 0 radical (unpaired) electrons. The quantitative estimate of drug-likeness (QED) is 0.889. The minimum absolute atomic E-state index is 0.0369. The molecule has 0 amide bonds. The Bertz CT molecular complexity index is 625. The van der Waals surface area contributed by atoms with Crippen molar-refractivity contribution < 1.29 is 26.3 Å². The van der Waals surface area contributed by atoms with E-state index in [9.17, 15) is 21.6 Å². The van der Waals surface area contributed by atoms with Crippen molar-refractivity contribution in [2.24, 2.45) is 0 Å². The molecule has 9 heteroatoms. The number of sulfonamides is 1. The van der Waals surface area contributed by atoms with E-state index in [1.165, 1.54) is 4.31 Å². The number of piperidine rings is 1. The highest BCUT2D eigenvalue weighted by atomic mass is 32.2. The van der Waals surface area contributed by atoms with Crippen LogP contribution in [0.4, 0.5) is 13.2 Å². The van der Waals surface area contributed by atoms with E-state index in [1.807, 2.05) is 0 Å². The third-order valence-electron chi connectivity index (χ3n) is 3.55. The normalized spacial score (nSPS) is 20.3. The summed E-state index contributed by atoms with van der Waals surface area (Å²) in [5.41, 5.74) is 0. The van der Waals surface area contributed by atoms with Crippen molar-refractivity contribution in [1.82, 2.24) is 9.62 Å². The van der Waals surface area contributed by atoms with Gasteiger partial charge in [-0.15, -0.1) is 0 Å². The largest absolute Gasteiger partial charge is 0.432 e. The summed E-state index contributed by atoms with van der Waals surface area (Å²) in [5.74, 6) is -1.82. The summed E-state index contributed by atoms with van der Waals surface area (Å²) < 4.78 is 68.1. The van der Waals surface area contributed by atoms with Crippen molar-refractivity contribution in [3.63, 3.8) is 0 Å². The van der Waals surface area contributed by atoms with Crippen molar-refractivity contribution in [3.8, 4) is 5.75 Å². The Hall–Kier alpha value is -1.32.